The Balaban J connectivity index is 1.41. The summed E-state index contributed by atoms with van der Waals surface area (Å²) in [5, 5.41) is 0.790. The highest BCUT2D eigenvalue weighted by molar-refractivity contribution is 7.18. The van der Waals surface area contributed by atoms with E-state index in [9.17, 15) is 4.79 Å². The van der Waals surface area contributed by atoms with Gasteiger partial charge >= 0.3 is 0 Å². The van der Waals surface area contributed by atoms with E-state index < -0.39 is 0 Å². The molecule has 0 spiro atoms. The lowest BCUT2D eigenvalue weighted by Gasteiger charge is -2.09. The first-order chi connectivity index (χ1) is 14.8. The first-order valence-electron chi connectivity index (χ1n) is 10.3. The lowest BCUT2D eigenvalue weighted by Crippen LogP contribution is -2.11. The lowest BCUT2D eigenvalue weighted by molar-refractivity contribution is 0.305. The fourth-order valence-corrected chi connectivity index (χ4v) is 5.18. The molecule has 2 aromatic carbocycles. The average molecular weight is 415 g/mol. The molecule has 150 valence electrons. The zero-order valence-corrected chi connectivity index (χ0v) is 17.4. The predicted octanol–water partition coefficient (Wildman–Crippen LogP) is 5.61. The van der Waals surface area contributed by atoms with E-state index >= 15 is 0 Å². The van der Waals surface area contributed by atoms with Gasteiger partial charge in [0.05, 0.1) is 5.39 Å². The van der Waals surface area contributed by atoms with Crippen molar-refractivity contribution in [2.75, 3.05) is 0 Å². The molecule has 4 aromatic rings. The van der Waals surface area contributed by atoms with Crippen LogP contribution in [0.1, 0.15) is 40.2 Å². The van der Waals surface area contributed by atoms with E-state index in [0.717, 1.165) is 46.4 Å². The summed E-state index contributed by atoms with van der Waals surface area (Å²) >= 11 is 1.67. The number of hydrogen-bond acceptors (Lipinski definition) is 4. The van der Waals surface area contributed by atoms with E-state index in [0.29, 0.717) is 12.4 Å². The van der Waals surface area contributed by atoms with Gasteiger partial charge in [0.15, 0.2) is 0 Å². The number of rotatable bonds is 5. The van der Waals surface area contributed by atoms with Gasteiger partial charge in [0.25, 0.3) is 5.56 Å². The van der Waals surface area contributed by atoms with Crippen molar-refractivity contribution in [2.24, 2.45) is 0 Å². The molecule has 0 unspecified atom stereocenters. The third-order valence-corrected chi connectivity index (χ3v) is 6.61. The molecule has 0 radical (unpaired) electrons. The number of benzene rings is 2. The summed E-state index contributed by atoms with van der Waals surface area (Å²) in [6, 6.07) is 18.0. The van der Waals surface area contributed by atoms with E-state index in [1.807, 2.05) is 66.7 Å². The number of aromatic nitrogens is 2. The van der Waals surface area contributed by atoms with Gasteiger partial charge in [-0.25, -0.2) is 4.98 Å². The van der Waals surface area contributed by atoms with Crippen LogP contribution in [0.4, 0.5) is 0 Å². The number of hydrogen-bond donors (Lipinski definition) is 1. The van der Waals surface area contributed by atoms with Crippen molar-refractivity contribution >= 4 is 33.7 Å². The molecule has 5 rings (SSSR count). The molecule has 1 N–H and O–H groups in total. The van der Waals surface area contributed by atoms with Crippen molar-refractivity contribution in [1.82, 2.24) is 9.97 Å². The molecule has 2 aromatic heterocycles. The number of aromatic amines is 1. The van der Waals surface area contributed by atoms with E-state index in [1.54, 1.807) is 11.3 Å². The van der Waals surface area contributed by atoms with Crippen LogP contribution in [0.2, 0.25) is 0 Å². The molecule has 0 saturated heterocycles. The van der Waals surface area contributed by atoms with Crippen LogP contribution in [0.5, 0.6) is 5.75 Å². The SMILES string of the molecule is O=c1[nH]c(C=Cc2ccccc2OCc2ccccc2)nc2sc3c(c12)CCCC3. The molecule has 5 heteroatoms. The Morgan fingerprint density at radius 3 is 2.70 bits per heavy atom. The summed E-state index contributed by atoms with van der Waals surface area (Å²) in [4.78, 5) is 22.6. The minimum absolute atomic E-state index is 0.0346. The fraction of sp³-hybridized carbons (Fsp3) is 0.200. The molecule has 2 heterocycles. The van der Waals surface area contributed by atoms with Gasteiger partial charge in [0.1, 0.15) is 23.0 Å². The molecule has 0 bridgehead atoms. The third-order valence-electron chi connectivity index (χ3n) is 5.42. The number of fused-ring (bicyclic) bond motifs is 3. The van der Waals surface area contributed by atoms with Crippen LogP contribution >= 0.6 is 11.3 Å². The maximum absolute atomic E-state index is 12.7. The predicted molar refractivity (Wildman–Crippen MR) is 123 cm³/mol. The number of H-pyrrole nitrogens is 1. The minimum atomic E-state index is -0.0346. The molecule has 0 atom stereocenters. The van der Waals surface area contributed by atoms with Crippen molar-refractivity contribution in [3.8, 4) is 5.75 Å². The Bertz CT molecular complexity index is 1270. The van der Waals surface area contributed by atoms with Crippen LogP contribution < -0.4 is 10.3 Å². The van der Waals surface area contributed by atoms with Crippen LogP contribution in [0.3, 0.4) is 0 Å². The van der Waals surface area contributed by atoms with E-state index in [-0.39, 0.29) is 5.56 Å². The number of nitrogens with one attached hydrogen (secondary N) is 1. The molecule has 0 fully saturated rings. The van der Waals surface area contributed by atoms with Gasteiger partial charge in [-0.2, -0.15) is 0 Å². The Morgan fingerprint density at radius 1 is 1.00 bits per heavy atom. The molecule has 0 saturated carbocycles. The van der Waals surface area contributed by atoms with Crippen molar-refractivity contribution in [3.05, 3.63) is 92.3 Å². The Labute approximate surface area is 178 Å². The van der Waals surface area contributed by atoms with Crippen LogP contribution in [0, 0.1) is 0 Å². The number of nitrogens with zero attached hydrogens (tertiary/aromatic N) is 1. The Hall–Kier alpha value is -3.18. The van der Waals surface area contributed by atoms with E-state index in [2.05, 4.69) is 4.98 Å². The van der Waals surface area contributed by atoms with Crippen LogP contribution in [0.25, 0.3) is 22.4 Å². The number of thiophene rings is 1. The summed E-state index contributed by atoms with van der Waals surface area (Å²) in [6.45, 7) is 0.507. The average Bonchev–Trinajstić information content (AvgIpc) is 3.16. The van der Waals surface area contributed by atoms with Gasteiger partial charge in [-0.1, -0.05) is 48.5 Å². The van der Waals surface area contributed by atoms with Crippen molar-refractivity contribution in [3.63, 3.8) is 0 Å². The van der Waals surface area contributed by atoms with Crippen molar-refractivity contribution in [1.29, 1.82) is 0 Å². The highest BCUT2D eigenvalue weighted by Gasteiger charge is 2.19. The lowest BCUT2D eigenvalue weighted by atomic mass is 9.97. The molecular formula is C25H22N2O2S. The highest BCUT2D eigenvalue weighted by atomic mass is 32.1. The van der Waals surface area contributed by atoms with Gasteiger partial charge in [-0.15, -0.1) is 11.3 Å². The van der Waals surface area contributed by atoms with Crippen LogP contribution in [-0.2, 0) is 19.4 Å². The maximum atomic E-state index is 12.7. The number of ether oxygens (including phenoxy) is 1. The second-order valence-corrected chi connectivity index (χ2v) is 8.57. The monoisotopic (exact) mass is 414 g/mol. The second-order valence-electron chi connectivity index (χ2n) is 7.49. The van der Waals surface area contributed by atoms with E-state index in [4.69, 9.17) is 9.72 Å². The topological polar surface area (TPSA) is 55.0 Å². The molecule has 1 aliphatic carbocycles. The molecule has 4 nitrogen and oxygen atoms in total. The maximum Gasteiger partial charge on any atom is 0.260 e. The smallest absolute Gasteiger partial charge is 0.260 e. The summed E-state index contributed by atoms with van der Waals surface area (Å²) in [6.07, 6.45) is 8.20. The second kappa shape index (κ2) is 8.28. The molecule has 0 aliphatic heterocycles. The Morgan fingerprint density at radius 2 is 1.80 bits per heavy atom. The van der Waals surface area contributed by atoms with Gasteiger partial charge in [-0.3, -0.25) is 4.79 Å². The van der Waals surface area contributed by atoms with Gasteiger partial charge < -0.3 is 9.72 Å². The van der Waals surface area contributed by atoms with Crippen molar-refractivity contribution in [2.45, 2.75) is 32.3 Å². The molecule has 1 aliphatic rings. The zero-order chi connectivity index (χ0) is 20.3. The Kier molecular flexibility index (Phi) is 5.20. The van der Waals surface area contributed by atoms with E-state index in [1.165, 1.54) is 16.9 Å². The highest BCUT2D eigenvalue weighted by Crippen LogP contribution is 2.33. The van der Waals surface area contributed by atoms with Gasteiger partial charge in [0.2, 0.25) is 0 Å². The van der Waals surface area contributed by atoms with Gasteiger partial charge in [0, 0.05) is 10.4 Å². The first-order valence-corrected chi connectivity index (χ1v) is 11.1. The number of para-hydroxylation sites is 1. The zero-order valence-electron chi connectivity index (χ0n) is 16.6. The summed E-state index contributed by atoms with van der Waals surface area (Å²) in [5.74, 6) is 1.37. The van der Waals surface area contributed by atoms with Crippen molar-refractivity contribution < 1.29 is 4.74 Å². The normalized spacial score (nSPS) is 13.6. The fourth-order valence-electron chi connectivity index (χ4n) is 3.91. The minimum Gasteiger partial charge on any atom is -0.488 e. The largest absolute Gasteiger partial charge is 0.488 e. The molecular weight excluding hydrogens is 392 g/mol. The molecule has 30 heavy (non-hydrogen) atoms. The van der Waals surface area contributed by atoms with Crippen LogP contribution in [-0.4, -0.2) is 9.97 Å². The van der Waals surface area contributed by atoms with Crippen LogP contribution in [0.15, 0.2) is 59.4 Å². The number of aryl methyl sites for hydroxylation is 2. The standard InChI is InChI=1S/C25H22N2O2S/c28-24-23-19-11-5-7-13-21(19)30-25(23)27-22(26-24)15-14-18-10-4-6-12-20(18)29-16-17-8-2-1-3-9-17/h1-4,6,8-10,12,14-15H,5,7,11,13,16H2,(H,26,27,28). The summed E-state index contributed by atoms with van der Waals surface area (Å²) < 4.78 is 6.02. The molecule has 0 amide bonds. The summed E-state index contributed by atoms with van der Waals surface area (Å²) in [7, 11) is 0. The quantitative estimate of drug-likeness (QED) is 0.462. The third kappa shape index (κ3) is 3.81. The summed E-state index contributed by atoms with van der Waals surface area (Å²) in [5.41, 5.74) is 3.24. The van der Waals surface area contributed by atoms with Gasteiger partial charge in [-0.05, 0) is 55.0 Å². The first kappa shape index (κ1) is 18.8.